The Kier molecular flexibility index (Phi) is 5.37. The Morgan fingerprint density at radius 1 is 1.54 bits per heavy atom. The molecule has 1 N–H and O–H groups in total. The second-order valence-electron chi connectivity index (χ2n) is 3.14. The molecule has 0 aromatic carbocycles. The van der Waals surface area contributed by atoms with Crippen molar-refractivity contribution >= 4 is 24.8 Å². The van der Waals surface area contributed by atoms with Gasteiger partial charge >= 0.3 is 0 Å². The van der Waals surface area contributed by atoms with E-state index in [0.29, 0.717) is 5.92 Å². The average Bonchev–Trinajstić information content (AvgIpc) is 2.55. The number of hydrogen-bond donors (Lipinski definition) is 1. The smallest absolute Gasteiger partial charge is 0.0524 e. The second kappa shape index (κ2) is 5.47. The molecular formula is C8H15Cl2N3. The summed E-state index contributed by atoms with van der Waals surface area (Å²) in [5, 5.41) is 7.49. The minimum Gasteiger partial charge on any atom is -0.316 e. The van der Waals surface area contributed by atoms with Gasteiger partial charge in [-0.3, -0.25) is 4.68 Å². The summed E-state index contributed by atoms with van der Waals surface area (Å²) >= 11 is 0. The zero-order chi connectivity index (χ0) is 7.68. The highest BCUT2D eigenvalue weighted by Gasteiger charge is 2.17. The zero-order valence-electron chi connectivity index (χ0n) is 7.56. The molecule has 0 bridgehead atoms. The maximum absolute atomic E-state index is 4.15. The third-order valence-corrected chi connectivity index (χ3v) is 2.26. The van der Waals surface area contributed by atoms with Crippen LogP contribution in [-0.4, -0.2) is 22.9 Å². The summed E-state index contributed by atoms with van der Waals surface area (Å²) in [5.41, 5.74) is 1.37. The van der Waals surface area contributed by atoms with Gasteiger partial charge in [0.25, 0.3) is 0 Å². The molecule has 1 atom stereocenters. The van der Waals surface area contributed by atoms with Crippen LogP contribution < -0.4 is 5.32 Å². The van der Waals surface area contributed by atoms with E-state index in [4.69, 9.17) is 0 Å². The fourth-order valence-electron chi connectivity index (χ4n) is 1.59. The Hall–Kier alpha value is -0.250. The number of nitrogens with zero attached hydrogens (tertiary/aromatic N) is 2. The van der Waals surface area contributed by atoms with Gasteiger partial charge in [0.2, 0.25) is 0 Å². The van der Waals surface area contributed by atoms with Gasteiger partial charge in [-0.25, -0.2) is 0 Å². The molecule has 13 heavy (non-hydrogen) atoms. The van der Waals surface area contributed by atoms with Gasteiger partial charge in [0, 0.05) is 25.7 Å². The highest BCUT2D eigenvalue weighted by molar-refractivity contribution is 5.85. The lowest BCUT2D eigenvalue weighted by molar-refractivity contribution is 0.749. The standard InChI is InChI=1S/C8H13N3.2ClH/c1-11-6-8(5-10-11)7-2-3-9-4-7;;/h5-7,9H,2-4H2,1H3;2*1H. The molecule has 0 spiro atoms. The number of nitrogens with one attached hydrogen (secondary N) is 1. The summed E-state index contributed by atoms with van der Waals surface area (Å²) in [5.74, 6) is 0.698. The molecule has 1 unspecified atom stereocenters. The molecule has 0 saturated carbocycles. The Bertz CT molecular complexity index is 243. The predicted octanol–water partition coefficient (Wildman–Crippen LogP) is 1.34. The lowest BCUT2D eigenvalue weighted by Crippen LogP contribution is -2.07. The molecule has 0 radical (unpaired) electrons. The van der Waals surface area contributed by atoms with Crippen LogP contribution >= 0.6 is 24.8 Å². The van der Waals surface area contributed by atoms with E-state index in [0.717, 1.165) is 13.1 Å². The van der Waals surface area contributed by atoms with Crippen molar-refractivity contribution in [1.82, 2.24) is 15.1 Å². The molecule has 0 amide bonds. The quantitative estimate of drug-likeness (QED) is 0.780. The van der Waals surface area contributed by atoms with E-state index in [1.807, 2.05) is 17.9 Å². The van der Waals surface area contributed by atoms with E-state index in [-0.39, 0.29) is 24.8 Å². The van der Waals surface area contributed by atoms with E-state index in [9.17, 15) is 0 Å². The molecule has 1 fully saturated rings. The summed E-state index contributed by atoms with van der Waals surface area (Å²) in [6.07, 6.45) is 5.33. The minimum atomic E-state index is 0. The Morgan fingerprint density at radius 2 is 2.31 bits per heavy atom. The summed E-state index contributed by atoms with van der Waals surface area (Å²) in [4.78, 5) is 0. The van der Waals surface area contributed by atoms with Crippen molar-refractivity contribution < 1.29 is 0 Å². The molecule has 5 heteroatoms. The molecule has 1 aromatic heterocycles. The summed E-state index contributed by atoms with van der Waals surface area (Å²) in [6.45, 7) is 2.27. The maximum Gasteiger partial charge on any atom is 0.0524 e. The first-order valence-corrected chi connectivity index (χ1v) is 4.05. The maximum atomic E-state index is 4.15. The second-order valence-corrected chi connectivity index (χ2v) is 3.14. The van der Waals surface area contributed by atoms with Crippen LogP contribution in [-0.2, 0) is 7.05 Å². The SMILES string of the molecule is Cl.Cl.Cn1cc(C2CCNC2)cn1. The number of halogens is 2. The minimum absolute atomic E-state index is 0. The molecule has 3 nitrogen and oxygen atoms in total. The topological polar surface area (TPSA) is 29.9 Å². The zero-order valence-corrected chi connectivity index (χ0v) is 9.20. The number of hydrogen-bond acceptors (Lipinski definition) is 2. The van der Waals surface area contributed by atoms with Gasteiger partial charge in [-0.05, 0) is 18.5 Å². The van der Waals surface area contributed by atoms with Crippen molar-refractivity contribution in [3.05, 3.63) is 18.0 Å². The molecule has 0 aliphatic carbocycles. The van der Waals surface area contributed by atoms with Crippen LogP contribution in [0.15, 0.2) is 12.4 Å². The van der Waals surface area contributed by atoms with Crippen molar-refractivity contribution in [2.75, 3.05) is 13.1 Å². The first-order valence-electron chi connectivity index (χ1n) is 4.05. The number of aryl methyl sites for hydroxylation is 1. The Balaban J connectivity index is 0.000000720. The Labute approximate surface area is 90.7 Å². The molecule has 76 valence electrons. The van der Waals surface area contributed by atoms with Gasteiger partial charge in [0.15, 0.2) is 0 Å². The molecule has 1 aliphatic heterocycles. The van der Waals surface area contributed by atoms with Gasteiger partial charge in [0.05, 0.1) is 6.20 Å². The third-order valence-electron chi connectivity index (χ3n) is 2.26. The molecule has 1 saturated heterocycles. The predicted molar refractivity (Wildman–Crippen MR) is 57.9 cm³/mol. The van der Waals surface area contributed by atoms with Gasteiger partial charge in [-0.1, -0.05) is 0 Å². The molecule has 2 rings (SSSR count). The van der Waals surface area contributed by atoms with Crippen LogP contribution in [0.1, 0.15) is 17.9 Å². The van der Waals surface area contributed by atoms with Crippen molar-refractivity contribution in [1.29, 1.82) is 0 Å². The van der Waals surface area contributed by atoms with Crippen LogP contribution in [0.25, 0.3) is 0 Å². The number of rotatable bonds is 1. The van der Waals surface area contributed by atoms with Gasteiger partial charge in [-0.2, -0.15) is 5.10 Å². The van der Waals surface area contributed by atoms with Crippen LogP contribution in [0.5, 0.6) is 0 Å². The van der Waals surface area contributed by atoms with Crippen molar-refractivity contribution in [3.8, 4) is 0 Å². The van der Waals surface area contributed by atoms with Crippen molar-refractivity contribution in [3.63, 3.8) is 0 Å². The van der Waals surface area contributed by atoms with Gasteiger partial charge < -0.3 is 5.32 Å². The largest absolute Gasteiger partial charge is 0.316 e. The van der Waals surface area contributed by atoms with E-state index in [1.165, 1.54) is 12.0 Å². The average molecular weight is 224 g/mol. The van der Waals surface area contributed by atoms with E-state index in [1.54, 1.807) is 0 Å². The van der Waals surface area contributed by atoms with Gasteiger partial charge in [-0.15, -0.1) is 24.8 Å². The highest BCUT2D eigenvalue weighted by Crippen LogP contribution is 2.20. The fraction of sp³-hybridized carbons (Fsp3) is 0.625. The number of aromatic nitrogens is 2. The van der Waals surface area contributed by atoms with Crippen LogP contribution in [0.3, 0.4) is 0 Å². The Morgan fingerprint density at radius 3 is 2.77 bits per heavy atom. The summed E-state index contributed by atoms with van der Waals surface area (Å²) in [6, 6.07) is 0. The van der Waals surface area contributed by atoms with E-state index < -0.39 is 0 Å². The lowest BCUT2D eigenvalue weighted by atomic mass is 10.0. The molecular weight excluding hydrogens is 209 g/mol. The third kappa shape index (κ3) is 2.86. The summed E-state index contributed by atoms with van der Waals surface area (Å²) in [7, 11) is 1.96. The summed E-state index contributed by atoms with van der Waals surface area (Å²) < 4.78 is 1.87. The monoisotopic (exact) mass is 223 g/mol. The van der Waals surface area contributed by atoms with Crippen molar-refractivity contribution in [2.24, 2.45) is 7.05 Å². The van der Waals surface area contributed by atoms with E-state index >= 15 is 0 Å². The normalized spacial score (nSPS) is 20.5. The van der Waals surface area contributed by atoms with E-state index in [2.05, 4.69) is 16.6 Å². The van der Waals surface area contributed by atoms with Crippen LogP contribution in [0.2, 0.25) is 0 Å². The van der Waals surface area contributed by atoms with Crippen molar-refractivity contribution in [2.45, 2.75) is 12.3 Å². The first kappa shape index (κ1) is 12.8. The fourth-order valence-corrected chi connectivity index (χ4v) is 1.59. The molecule has 1 aromatic rings. The van der Waals surface area contributed by atoms with Crippen LogP contribution in [0.4, 0.5) is 0 Å². The molecule has 2 heterocycles. The first-order chi connectivity index (χ1) is 5.36. The molecule has 1 aliphatic rings. The van der Waals surface area contributed by atoms with Gasteiger partial charge in [0.1, 0.15) is 0 Å². The lowest BCUT2D eigenvalue weighted by Gasteiger charge is -2.02. The highest BCUT2D eigenvalue weighted by atomic mass is 35.5. The van der Waals surface area contributed by atoms with Crippen LogP contribution in [0, 0.1) is 0 Å².